The van der Waals surface area contributed by atoms with Crippen LogP contribution in [-0.2, 0) is 17.9 Å². The minimum Gasteiger partial charge on any atom is -0.493 e. The Kier molecular flexibility index (Phi) is 8.60. The average Bonchev–Trinajstić information content (AvgIpc) is 2.63. The standard InChI is InChI=1S/C20H26ClNO3/c1-3-24-12-6-11-22-14-17-8-5-10-19(23-2)20(17)25-15-16-7-4-9-18(21)13-16/h4-5,7-10,13,22H,3,6,11-12,14-15H2,1-2H3. The van der Waals surface area contributed by atoms with Gasteiger partial charge in [-0.1, -0.05) is 35.9 Å². The lowest BCUT2D eigenvalue weighted by atomic mass is 10.1. The molecule has 2 aromatic carbocycles. The Morgan fingerprint density at radius 2 is 1.96 bits per heavy atom. The van der Waals surface area contributed by atoms with Gasteiger partial charge in [0.15, 0.2) is 11.5 Å². The summed E-state index contributed by atoms with van der Waals surface area (Å²) in [5.41, 5.74) is 2.09. The Morgan fingerprint density at radius 3 is 2.72 bits per heavy atom. The lowest BCUT2D eigenvalue weighted by Crippen LogP contribution is -2.17. The average molecular weight is 364 g/mol. The van der Waals surface area contributed by atoms with Gasteiger partial charge in [0.25, 0.3) is 0 Å². The summed E-state index contributed by atoms with van der Waals surface area (Å²) in [5, 5.41) is 4.13. The quantitative estimate of drug-likeness (QED) is 0.599. The van der Waals surface area contributed by atoms with Crippen LogP contribution >= 0.6 is 11.6 Å². The highest BCUT2D eigenvalue weighted by Crippen LogP contribution is 2.32. The maximum Gasteiger partial charge on any atom is 0.166 e. The highest BCUT2D eigenvalue weighted by Gasteiger charge is 2.11. The first kappa shape index (κ1) is 19.6. The Bertz CT molecular complexity index is 649. The van der Waals surface area contributed by atoms with E-state index < -0.39 is 0 Å². The third-order valence-electron chi connectivity index (χ3n) is 3.71. The summed E-state index contributed by atoms with van der Waals surface area (Å²) in [7, 11) is 1.65. The zero-order chi connectivity index (χ0) is 17.9. The molecule has 0 unspecified atom stereocenters. The van der Waals surface area contributed by atoms with Crippen LogP contribution in [0.2, 0.25) is 5.02 Å². The zero-order valence-electron chi connectivity index (χ0n) is 14.9. The van der Waals surface area contributed by atoms with Crippen LogP contribution in [0.3, 0.4) is 0 Å². The molecule has 0 aromatic heterocycles. The van der Waals surface area contributed by atoms with Crippen molar-refractivity contribution in [2.45, 2.75) is 26.5 Å². The molecule has 25 heavy (non-hydrogen) atoms. The van der Waals surface area contributed by atoms with Crippen LogP contribution in [0.1, 0.15) is 24.5 Å². The molecule has 0 atom stereocenters. The molecule has 0 fully saturated rings. The molecule has 0 radical (unpaired) electrons. The topological polar surface area (TPSA) is 39.7 Å². The van der Waals surface area contributed by atoms with Crippen molar-refractivity contribution in [1.82, 2.24) is 5.32 Å². The molecular formula is C20H26ClNO3. The van der Waals surface area contributed by atoms with Crippen molar-refractivity contribution >= 4 is 11.6 Å². The third-order valence-corrected chi connectivity index (χ3v) is 3.95. The Hall–Kier alpha value is -1.75. The molecule has 5 heteroatoms. The Labute approximate surface area is 155 Å². The largest absolute Gasteiger partial charge is 0.493 e. The van der Waals surface area contributed by atoms with E-state index >= 15 is 0 Å². The smallest absolute Gasteiger partial charge is 0.166 e. The fraction of sp³-hybridized carbons (Fsp3) is 0.400. The number of hydrogen-bond acceptors (Lipinski definition) is 4. The fourth-order valence-corrected chi connectivity index (χ4v) is 2.69. The second-order valence-electron chi connectivity index (χ2n) is 5.59. The van der Waals surface area contributed by atoms with E-state index in [9.17, 15) is 0 Å². The number of ether oxygens (including phenoxy) is 3. The Morgan fingerprint density at radius 1 is 1.12 bits per heavy atom. The number of hydrogen-bond donors (Lipinski definition) is 1. The molecule has 2 aromatic rings. The molecule has 4 nitrogen and oxygen atoms in total. The lowest BCUT2D eigenvalue weighted by Gasteiger charge is -2.16. The van der Waals surface area contributed by atoms with E-state index in [1.807, 2.05) is 49.4 Å². The van der Waals surface area contributed by atoms with Crippen LogP contribution in [0.25, 0.3) is 0 Å². The van der Waals surface area contributed by atoms with Crippen LogP contribution in [0.15, 0.2) is 42.5 Å². The minimum absolute atomic E-state index is 0.443. The molecule has 136 valence electrons. The first-order chi connectivity index (χ1) is 12.2. The molecule has 0 aliphatic rings. The second kappa shape index (κ2) is 11.0. The summed E-state index contributed by atoms with van der Waals surface area (Å²) in [6.07, 6.45) is 0.983. The third kappa shape index (κ3) is 6.58. The number of para-hydroxylation sites is 1. The maximum absolute atomic E-state index is 6.05. The number of rotatable bonds is 11. The van der Waals surface area contributed by atoms with Gasteiger partial charge >= 0.3 is 0 Å². The molecule has 1 N–H and O–H groups in total. The van der Waals surface area contributed by atoms with Gasteiger partial charge < -0.3 is 19.5 Å². The minimum atomic E-state index is 0.443. The van der Waals surface area contributed by atoms with Crippen molar-refractivity contribution in [2.75, 3.05) is 26.9 Å². The van der Waals surface area contributed by atoms with E-state index in [-0.39, 0.29) is 0 Å². The second-order valence-corrected chi connectivity index (χ2v) is 6.03. The molecule has 0 saturated carbocycles. The molecule has 0 aliphatic heterocycles. The van der Waals surface area contributed by atoms with E-state index in [1.165, 1.54) is 0 Å². The first-order valence-corrected chi connectivity index (χ1v) is 8.94. The number of halogens is 1. The molecule has 2 rings (SSSR count). The van der Waals surface area contributed by atoms with Gasteiger partial charge in [0.05, 0.1) is 7.11 Å². The molecule has 0 heterocycles. The molecule has 0 aliphatic carbocycles. The van der Waals surface area contributed by atoms with Gasteiger partial charge in [-0.2, -0.15) is 0 Å². The zero-order valence-corrected chi connectivity index (χ0v) is 15.6. The van der Waals surface area contributed by atoms with E-state index in [0.717, 1.165) is 48.8 Å². The van der Waals surface area contributed by atoms with E-state index in [0.29, 0.717) is 18.2 Å². The summed E-state index contributed by atoms with van der Waals surface area (Å²) in [5.74, 6) is 1.50. The van der Waals surface area contributed by atoms with Gasteiger partial charge in [-0.05, 0) is 43.7 Å². The van der Waals surface area contributed by atoms with Crippen LogP contribution in [0.4, 0.5) is 0 Å². The van der Waals surface area contributed by atoms with Crippen LogP contribution < -0.4 is 14.8 Å². The number of nitrogens with one attached hydrogen (secondary N) is 1. The predicted molar refractivity (Wildman–Crippen MR) is 102 cm³/mol. The molecule has 0 saturated heterocycles. The molecule has 0 spiro atoms. The van der Waals surface area contributed by atoms with Gasteiger partial charge in [-0.25, -0.2) is 0 Å². The van der Waals surface area contributed by atoms with Gasteiger partial charge in [-0.15, -0.1) is 0 Å². The van der Waals surface area contributed by atoms with Crippen molar-refractivity contribution in [3.8, 4) is 11.5 Å². The molecule has 0 bridgehead atoms. The van der Waals surface area contributed by atoms with Crippen LogP contribution in [0, 0.1) is 0 Å². The van der Waals surface area contributed by atoms with E-state index in [4.69, 9.17) is 25.8 Å². The van der Waals surface area contributed by atoms with Gasteiger partial charge in [-0.3, -0.25) is 0 Å². The Balaban J connectivity index is 1.97. The fourth-order valence-electron chi connectivity index (χ4n) is 2.47. The monoisotopic (exact) mass is 363 g/mol. The SMILES string of the molecule is CCOCCCNCc1cccc(OC)c1OCc1cccc(Cl)c1. The predicted octanol–water partition coefficient (Wildman–Crippen LogP) is 4.44. The highest BCUT2D eigenvalue weighted by molar-refractivity contribution is 6.30. The summed E-state index contributed by atoms with van der Waals surface area (Å²) < 4.78 is 16.9. The summed E-state index contributed by atoms with van der Waals surface area (Å²) in [6, 6.07) is 13.6. The van der Waals surface area contributed by atoms with Gasteiger partial charge in [0, 0.05) is 30.3 Å². The summed E-state index contributed by atoms with van der Waals surface area (Å²) in [6.45, 7) is 5.60. The lowest BCUT2D eigenvalue weighted by molar-refractivity contribution is 0.144. The van der Waals surface area contributed by atoms with Crippen molar-refractivity contribution in [1.29, 1.82) is 0 Å². The van der Waals surface area contributed by atoms with Gasteiger partial charge in [0.1, 0.15) is 6.61 Å². The van der Waals surface area contributed by atoms with E-state index in [1.54, 1.807) is 7.11 Å². The van der Waals surface area contributed by atoms with Crippen molar-refractivity contribution in [3.05, 3.63) is 58.6 Å². The van der Waals surface area contributed by atoms with Crippen molar-refractivity contribution < 1.29 is 14.2 Å². The van der Waals surface area contributed by atoms with Gasteiger partial charge in [0.2, 0.25) is 0 Å². The van der Waals surface area contributed by atoms with Crippen molar-refractivity contribution in [2.24, 2.45) is 0 Å². The van der Waals surface area contributed by atoms with Crippen LogP contribution in [0.5, 0.6) is 11.5 Å². The molecular weight excluding hydrogens is 338 g/mol. The first-order valence-electron chi connectivity index (χ1n) is 8.56. The normalized spacial score (nSPS) is 10.7. The summed E-state index contributed by atoms with van der Waals surface area (Å²) >= 11 is 6.04. The molecule has 0 amide bonds. The number of benzene rings is 2. The number of methoxy groups -OCH3 is 1. The highest BCUT2D eigenvalue weighted by atomic mass is 35.5. The summed E-state index contributed by atoms with van der Waals surface area (Å²) in [4.78, 5) is 0. The van der Waals surface area contributed by atoms with E-state index in [2.05, 4.69) is 5.32 Å². The van der Waals surface area contributed by atoms with Crippen LogP contribution in [-0.4, -0.2) is 26.9 Å². The van der Waals surface area contributed by atoms with Crippen molar-refractivity contribution in [3.63, 3.8) is 0 Å². The maximum atomic E-state index is 6.05.